The van der Waals surface area contributed by atoms with Crippen LogP contribution in [-0.2, 0) is 0 Å². The van der Waals surface area contributed by atoms with E-state index in [1.54, 1.807) is 7.11 Å². The van der Waals surface area contributed by atoms with Crippen LogP contribution in [0.2, 0.25) is 0 Å². The van der Waals surface area contributed by atoms with Crippen LogP contribution in [0.1, 0.15) is 26.7 Å². The van der Waals surface area contributed by atoms with E-state index in [1.807, 2.05) is 12.1 Å². The van der Waals surface area contributed by atoms with Crippen molar-refractivity contribution in [1.29, 1.82) is 0 Å². The maximum absolute atomic E-state index is 5.14. The summed E-state index contributed by atoms with van der Waals surface area (Å²) in [4.78, 5) is 4.43. The molecule has 4 nitrogen and oxygen atoms in total. The molecule has 0 saturated carbocycles. The lowest BCUT2D eigenvalue weighted by atomic mass is 9.91. The summed E-state index contributed by atoms with van der Waals surface area (Å²) in [6.07, 6.45) is 2.16. The Morgan fingerprint density at radius 3 is 2.75 bits per heavy atom. The van der Waals surface area contributed by atoms with Crippen molar-refractivity contribution >= 4 is 11.5 Å². The summed E-state index contributed by atoms with van der Waals surface area (Å²) < 4.78 is 5.14. The Balaban J connectivity index is 2.30. The third kappa shape index (κ3) is 1.79. The van der Waals surface area contributed by atoms with Crippen LogP contribution in [0.5, 0.6) is 5.88 Å². The molecule has 2 rings (SSSR count). The van der Waals surface area contributed by atoms with E-state index in [0.717, 1.165) is 30.9 Å². The molecular weight excluding hydrogens is 202 g/mol. The molecule has 0 aliphatic carbocycles. The molecule has 0 radical (unpaired) electrons. The number of hydrogen-bond donors (Lipinski definition) is 2. The number of fused-ring (bicyclic) bond motifs is 1. The summed E-state index contributed by atoms with van der Waals surface area (Å²) in [5.74, 6) is 1.55. The molecule has 0 saturated heterocycles. The fraction of sp³-hybridized carbons (Fsp3) is 0.583. The Labute approximate surface area is 96.4 Å². The zero-order valence-electron chi connectivity index (χ0n) is 10.1. The minimum Gasteiger partial charge on any atom is -0.481 e. The predicted molar refractivity (Wildman–Crippen MR) is 66.2 cm³/mol. The van der Waals surface area contributed by atoms with Gasteiger partial charge in [-0.15, -0.1) is 0 Å². The highest BCUT2D eigenvalue weighted by Crippen LogP contribution is 2.33. The molecule has 0 bridgehead atoms. The molecule has 2 N–H and O–H groups in total. The maximum atomic E-state index is 5.14. The van der Waals surface area contributed by atoms with Crippen molar-refractivity contribution in [3.63, 3.8) is 0 Å². The number of nitrogens with zero attached hydrogens (tertiary/aromatic N) is 1. The molecule has 0 amide bonds. The van der Waals surface area contributed by atoms with Crippen LogP contribution < -0.4 is 15.4 Å². The van der Waals surface area contributed by atoms with Crippen LogP contribution >= 0.6 is 0 Å². The highest BCUT2D eigenvalue weighted by molar-refractivity contribution is 5.68. The molecule has 2 heterocycles. The van der Waals surface area contributed by atoms with E-state index in [2.05, 4.69) is 29.5 Å². The molecule has 16 heavy (non-hydrogen) atoms. The van der Waals surface area contributed by atoms with Crippen molar-refractivity contribution in [2.24, 2.45) is 0 Å². The van der Waals surface area contributed by atoms with Gasteiger partial charge in [-0.2, -0.15) is 4.98 Å². The second-order valence-electron chi connectivity index (χ2n) is 4.22. The average molecular weight is 221 g/mol. The first-order chi connectivity index (χ1) is 7.73. The average Bonchev–Trinajstić information content (AvgIpc) is 2.37. The molecule has 88 valence electrons. The lowest BCUT2D eigenvalue weighted by Gasteiger charge is -2.38. The number of pyridine rings is 1. The largest absolute Gasteiger partial charge is 0.481 e. The number of aromatic nitrogens is 1. The lowest BCUT2D eigenvalue weighted by Crippen LogP contribution is -2.47. The zero-order chi connectivity index (χ0) is 11.6. The first-order valence-electron chi connectivity index (χ1n) is 5.80. The van der Waals surface area contributed by atoms with Crippen molar-refractivity contribution in [1.82, 2.24) is 4.98 Å². The van der Waals surface area contributed by atoms with Gasteiger partial charge in [-0.1, -0.05) is 13.8 Å². The van der Waals surface area contributed by atoms with Gasteiger partial charge in [0.25, 0.3) is 0 Å². The van der Waals surface area contributed by atoms with Crippen molar-refractivity contribution in [3.8, 4) is 5.88 Å². The quantitative estimate of drug-likeness (QED) is 0.823. The molecule has 4 heteroatoms. The Kier molecular flexibility index (Phi) is 2.90. The summed E-state index contributed by atoms with van der Waals surface area (Å²) in [5.41, 5.74) is 1.17. The highest BCUT2D eigenvalue weighted by atomic mass is 16.5. The van der Waals surface area contributed by atoms with Crippen molar-refractivity contribution in [3.05, 3.63) is 12.1 Å². The Hall–Kier alpha value is -1.45. The lowest BCUT2D eigenvalue weighted by molar-refractivity contribution is 0.396. The SMILES string of the molecule is CCC1(CC)CNc2ccc(OC)nc2N1. The van der Waals surface area contributed by atoms with Crippen LogP contribution in [-0.4, -0.2) is 24.2 Å². The maximum Gasteiger partial charge on any atom is 0.215 e. The molecule has 1 aliphatic heterocycles. The normalized spacial score (nSPS) is 16.9. The Morgan fingerprint density at radius 1 is 1.38 bits per heavy atom. The number of rotatable bonds is 3. The van der Waals surface area contributed by atoms with Gasteiger partial charge < -0.3 is 15.4 Å². The van der Waals surface area contributed by atoms with Gasteiger partial charge in [-0.3, -0.25) is 0 Å². The van der Waals surface area contributed by atoms with Crippen LogP contribution in [0.25, 0.3) is 0 Å². The van der Waals surface area contributed by atoms with Crippen molar-refractivity contribution in [2.75, 3.05) is 24.3 Å². The summed E-state index contributed by atoms with van der Waals surface area (Å²) in [5, 5.41) is 6.96. The van der Waals surface area contributed by atoms with Crippen molar-refractivity contribution in [2.45, 2.75) is 32.2 Å². The molecule has 0 spiro atoms. The van der Waals surface area contributed by atoms with Crippen LogP contribution in [0, 0.1) is 0 Å². The molecule has 0 aromatic carbocycles. The predicted octanol–water partition coefficient (Wildman–Crippen LogP) is 2.49. The standard InChI is InChI=1S/C12H19N3O/c1-4-12(5-2)8-13-9-6-7-10(16-3)14-11(9)15-12/h6-7,13H,4-5,8H2,1-3H3,(H,14,15). The summed E-state index contributed by atoms with van der Waals surface area (Å²) in [7, 11) is 1.64. The van der Waals surface area contributed by atoms with E-state index < -0.39 is 0 Å². The molecular formula is C12H19N3O. The highest BCUT2D eigenvalue weighted by Gasteiger charge is 2.31. The second kappa shape index (κ2) is 4.20. The van der Waals surface area contributed by atoms with E-state index in [0.29, 0.717) is 5.88 Å². The first-order valence-corrected chi connectivity index (χ1v) is 5.80. The smallest absolute Gasteiger partial charge is 0.215 e. The third-order valence-corrected chi connectivity index (χ3v) is 3.43. The molecule has 0 unspecified atom stereocenters. The first kappa shape index (κ1) is 11.0. The number of ether oxygens (including phenoxy) is 1. The Morgan fingerprint density at radius 2 is 2.12 bits per heavy atom. The zero-order valence-corrected chi connectivity index (χ0v) is 10.1. The number of nitrogens with one attached hydrogen (secondary N) is 2. The minimum atomic E-state index is 0.117. The number of methoxy groups -OCH3 is 1. The number of anilines is 2. The molecule has 0 fully saturated rings. The second-order valence-corrected chi connectivity index (χ2v) is 4.22. The van der Waals surface area contributed by atoms with Crippen LogP contribution in [0.15, 0.2) is 12.1 Å². The molecule has 1 aromatic rings. The molecule has 1 aromatic heterocycles. The summed E-state index contributed by atoms with van der Waals surface area (Å²) in [6, 6.07) is 3.88. The van der Waals surface area contributed by atoms with E-state index in [9.17, 15) is 0 Å². The molecule has 0 atom stereocenters. The van der Waals surface area contributed by atoms with Crippen LogP contribution in [0.3, 0.4) is 0 Å². The monoisotopic (exact) mass is 221 g/mol. The van der Waals surface area contributed by atoms with Gasteiger partial charge in [0.1, 0.15) is 0 Å². The van der Waals surface area contributed by atoms with E-state index in [4.69, 9.17) is 4.74 Å². The molecule has 1 aliphatic rings. The number of hydrogen-bond acceptors (Lipinski definition) is 4. The van der Waals surface area contributed by atoms with E-state index in [-0.39, 0.29) is 5.54 Å². The van der Waals surface area contributed by atoms with E-state index in [1.165, 1.54) is 0 Å². The van der Waals surface area contributed by atoms with Gasteiger partial charge in [0, 0.05) is 12.6 Å². The van der Waals surface area contributed by atoms with Gasteiger partial charge in [-0.25, -0.2) is 0 Å². The van der Waals surface area contributed by atoms with Gasteiger partial charge in [0.05, 0.1) is 18.3 Å². The topological polar surface area (TPSA) is 46.2 Å². The fourth-order valence-electron chi connectivity index (χ4n) is 2.03. The fourth-order valence-corrected chi connectivity index (χ4v) is 2.03. The van der Waals surface area contributed by atoms with Gasteiger partial charge in [-0.05, 0) is 18.9 Å². The van der Waals surface area contributed by atoms with Gasteiger partial charge in [0.15, 0.2) is 5.82 Å². The van der Waals surface area contributed by atoms with E-state index >= 15 is 0 Å². The van der Waals surface area contributed by atoms with Gasteiger partial charge >= 0.3 is 0 Å². The van der Waals surface area contributed by atoms with Gasteiger partial charge in [0.2, 0.25) is 5.88 Å². The third-order valence-electron chi connectivity index (χ3n) is 3.43. The Bertz CT molecular complexity index is 375. The summed E-state index contributed by atoms with van der Waals surface area (Å²) in [6.45, 7) is 5.34. The van der Waals surface area contributed by atoms with Crippen LogP contribution in [0.4, 0.5) is 11.5 Å². The minimum absolute atomic E-state index is 0.117. The summed E-state index contributed by atoms with van der Waals surface area (Å²) >= 11 is 0. The van der Waals surface area contributed by atoms with Crippen molar-refractivity contribution < 1.29 is 4.74 Å².